The molecule has 1 aromatic carbocycles. The molecule has 1 saturated carbocycles. The van der Waals surface area contributed by atoms with E-state index in [0.29, 0.717) is 18.4 Å². The molecule has 1 fully saturated rings. The maximum Gasteiger partial charge on any atom is 0.312 e. The van der Waals surface area contributed by atoms with Gasteiger partial charge in [0.1, 0.15) is 5.82 Å². The van der Waals surface area contributed by atoms with Crippen LogP contribution >= 0.6 is 0 Å². The van der Waals surface area contributed by atoms with E-state index in [1.807, 2.05) is 0 Å². The minimum Gasteiger partial charge on any atom is -0.387 e. The predicted molar refractivity (Wildman–Crippen MR) is 60.7 cm³/mol. The summed E-state index contributed by atoms with van der Waals surface area (Å²) in [7, 11) is 0. The van der Waals surface area contributed by atoms with Gasteiger partial charge in [0.15, 0.2) is 0 Å². The first-order valence-corrected chi connectivity index (χ1v) is 5.55. The number of rotatable bonds is 3. The summed E-state index contributed by atoms with van der Waals surface area (Å²) in [5.74, 6) is -0.354. The average Bonchev–Trinajstić information content (AvgIpc) is 2.24. The summed E-state index contributed by atoms with van der Waals surface area (Å²) < 4.78 is 12.8. The molecule has 17 heavy (non-hydrogen) atoms. The van der Waals surface area contributed by atoms with Crippen molar-refractivity contribution in [1.29, 1.82) is 0 Å². The number of hydrogen-bond donors (Lipinski definition) is 3. The molecule has 2 amide bonds. The number of nitrogens with one attached hydrogen (secondary N) is 1. The van der Waals surface area contributed by atoms with Gasteiger partial charge in [-0.25, -0.2) is 9.18 Å². The van der Waals surface area contributed by atoms with Crippen LogP contribution in [0.1, 0.15) is 30.9 Å². The van der Waals surface area contributed by atoms with Gasteiger partial charge in [0.05, 0.1) is 11.6 Å². The smallest absolute Gasteiger partial charge is 0.312 e. The molecule has 2 rings (SSSR count). The van der Waals surface area contributed by atoms with E-state index in [-0.39, 0.29) is 5.82 Å². The first-order valence-electron chi connectivity index (χ1n) is 5.55. The van der Waals surface area contributed by atoms with E-state index >= 15 is 0 Å². The molecular formula is C12H15FN2O2. The molecule has 1 aliphatic carbocycles. The second-order valence-corrected chi connectivity index (χ2v) is 4.45. The Balaban J connectivity index is 2.26. The highest BCUT2D eigenvalue weighted by Gasteiger charge is 2.43. The Morgan fingerprint density at radius 2 is 2.00 bits per heavy atom. The molecule has 1 unspecified atom stereocenters. The van der Waals surface area contributed by atoms with Crippen LogP contribution in [-0.2, 0) is 0 Å². The van der Waals surface area contributed by atoms with Crippen LogP contribution in [-0.4, -0.2) is 16.7 Å². The van der Waals surface area contributed by atoms with E-state index in [0.717, 1.165) is 6.42 Å². The molecule has 4 nitrogen and oxygen atoms in total. The van der Waals surface area contributed by atoms with Crippen LogP contribution in [0.4, 0.5) is 9.18 Å². The molecule has 0 aromatic heterocycles. The maximum atomic E-state index is 12.8. The van der Waals surface area contributed by atoms with Crippen molar-refractivity contribution in [2.24, 2.45) is 5.73 Å². The van der Waals surface area contributed by atoms with Crippen molar-refractivity contribution in [2.75, 3.05) is 0 Å². The summed E-state index contributed by atoms with van der Waals surface area (Å²) >= 11 is 0. The molecule has 0 bridgehead atoms. The lowest BCUT2D eigenvalue weighted by Crippen LogP contribution is -2.51. The SMILES string of the molecule is NC(=O)NC(c1ccc(F)cc1)C1(O)CCC1. The molecule has 4 N–H and O–H groups in total. The highest BCUT2D eigenvalue weighted by molar-refractivity contribution is 5.72. The highest BCUT2D eigenvalue weighted by Crippen LogP contribution is 2.41. The third kappa shape index (κ3) is 2.39. The van der Waals surface area contributed by atoms with Gasteiger partial charge in [-0.2, -0.15) is 0 Å². The number of halogens is 1. The molecule has 92 valence electrons. The largest absolute Gasteiger partial charge is 0.387 e. The molecule has 0 radical (unpaired) electrons. The van der Waals surface area contributed by atoms with Gasteiger partial charge >= 0.3 is 6.03 Å². The molecule has 1 aromatic rings. The fourth-order valence-electron chi connectivity index (χ4n) is 2.15. The molecule has 0 spiro atoms. The van der Waals surface area contributed by atoms with Gasteiger partial charge < -0.3 is 16.2 Å². The first kappa shape index (κ1) is 11.9. The number of amides is 2. The van der Waals surface area contributed by atoms with Crippen molar-refractivity contribution in [3.05, 3.63) is 35.6 Å². The number of benzene rings is 1. The molecular weight excluding hydrogens is 223 g/mol. The van der Waals surface area contributed by atoms with Gasteiger partial charge in [0.2, 0.25) is 0 Å². The van der Waals surface area contributed by atoms with Crippen LogP contribution in [0, 0.1) is 5.82 Å². The van der Waals surface area contributed by atoms with Gasteiger partial charge in [0, 0.05) is 0 Å². The summed E-state index contributed by atoms with van der Waals surface area (Å²) in [6.07, 6.45) is 2.12. The quantitative estimate of drug-likeness (QED) is 0.745. The second kappa shape index (κ2) is 4.33. The highest BCUT2D eigenvalue weighted by atomic mass is 19.1. The summed E-state index contributed by atoms with van der Waals surface area (Å²) in [5, 5.41) is 12.8. The maximum absolute atomic E-state index is 12.8. The van der Waals surface area contributed by atoms with Crippen LogP contribution in [0.15, 0.2) is 24.3 Å². The number of aliphatic hydroxyl groups is 1. The van der Waals surface area contributed by atoms with E-state index in [9.17, 15) is 14.3 Å². The Morgan fingerprint density at radius 1 is 1.41 bits per heavy atom. The lowest BCUT2D eigenvalue weighted by molar-refractivity contribution is -0.0628. The summed E-state index contributed by atoms with van der Waals surface area (Å²) in [4.78, 5) is 11.0. The molecule has 0 aliphatic heterocycles. The van der Waals surface area contributed by atoms with Crippen LogP contribution in [0.2, 0.25) is 0 Å². The summed E-state index contributed by atoms with van der Waals surface area (Å²) in [5.41, 5.74) is 4.80. The number of carbonyl (C=O) groups is 1. The fraction of sp³-hybridized carbons (Fsp3) is 0.417. The zero-order chi connectivity index (χ0) is 12.5. The molecule has 1 aliphatic rings. The molecule has 1 atom stereocenters. The monoisotopic (exact) mass is 238 g/mol. The number of primary amides is 1. The Hall–Kier alpha value is -1.62. The molecule has 0 heterocycles. The predicted octanol–water partition coefficient (Wildman–Crippen LogP) is 1.45. The van der Waals surface area contributed by atoms with E-state index in [2.05, 4.69) is 5.32 Å². The van der Waals surface area contributed by atoms with Crippen molar-refractivity contribution < 1.29 is 14.3 Å². The van der Waals surface area contributed by atoms with Crippen LogP contribution in [0.25, 0.3) is 0 Å². The standard InChI is InChI=1S/C12H15FN2O2/c13-9-4-2-8(3-5-9)10(15-11(14)16)12(17)6-1-7-12/h2-5,10,17H,1,6-7H2,(H3,14,15,16). The fourth-order valence-corrected chi connectivity index (χ4v) is 2.15. The lowest BCUT2D eigenvalue weighted by Gasteiger charge is -2.43. The average molecular weight is 238 g/mol. The Kier molecular flexibility index (Phi) is 3.02. The molecule has 0 saturated heterocycles. The number of carbonyl (C=O) groups excluding carboxylic acids is 1. The zero-order valence-corrected chi connectivity index (χ0v) is 9.32. The second-order valence-electron chi connectivity index (χ2n) is 4.45. The normalized spacial score (nSPS) is 19.2. The third-order valence-electron chi connectivity index (χ3n) is 3.25. The zero-order valence-electron chi connectivity index (χ0n) is 9.32. The number of hydrogen-bond acceptors (Lipinski definition) is 2. The van der Waals surface area contributed by atoms with E-state index < -0.39 is 17.7 Å². The van der Waals surface area contributed by atoms with Crippen LogP contribution in [0.3, 0.4) is 0 Å². The van der Waals surface area contributed by atoms with Crippen LogP contribution in [0.5, 0.6) is 0 Å². The summed E-state index contributed by atoms with van der Waals surface area (Å²) in [6.45, 7) is 0. The van der Waals surface area contributed by atoms with Crippen molar-refractivity contribution >= 4 is 6.03 Å². The van der Waals surface area contributed by atoms with E-state index in [1.165, 1.54) is 12.1 Å². The first-order chi connectivity index (χ1) is 8.01. The van der Waals surface area contributed by atoms with E-state index in [4.69, 9.17) is 5.73 Å². The van der Waals surface area contributed by atoms with Crippen molar-refractivity contribution in [2.45, 2.75) is 30.9 Å². The molecule has 5 heteroatoms. The number of nitrogens with two attached hydrogens (primary N) is 1. The van der Waals surface area contributed by atoms with Crippen molar-refractivity contribution in [3.63, 3.8) is 0 Å². The van der Waals surface area contributed by atoms with Crippen molar-refractivity contribution in [1.82, 2.24) is 5.32 Å². The Labute approximate surface area is 98.6 Å². The van der Waals surface area contributed by atoms with Crippen molar-refractivity contribution in [3.8, 4) is 0 Å². The minimum absolute atomic E-state index is 0.354. The van der Waals surface area contributed by atoms with Gasteiger partial charge in [-0.15, -0.1) is 0 Å². The minimum atomic E-state index is -0.965. The van der Waals surface area contributed by atoms with Gasteiger partial charge in [-0.05, 0) is 37.0 Å². The lowest BCUT2D eigenvalue weighted by atomic mass is 9.72. The number of urea groups is 1. The summed E-state index contributed by atoms with van der Waals surface area (Å²) in [6, 6.07) is 4.42. The van der Waals surface area contributed by atoms with Gasteiger partial charge in [-0.3, -0.25) is 0 Å². The van der Waals surface area contributed by atoms with Gasteiger partial charge in [-0.1, -0.05) is 12.1 Å². The van der Waals surface area contributed by atoms with Crippen LogP contribution < -0.4 is 11.1 Å². The van der Waals surface area contributed by atoms with Gasteiger partial charge in [0.25, 0.3) is 0 Å². The Bertz CT molecular complexity index is 415. The third-order valence-corrected chi connectivity index (χ3v) is 3.25. The topological polar surface area (TPSA) is 75.4 Å². The Morgan fingerprint density at radius 3 is 2.41 bits per heavy atom. The van der Waals surface area contributed by atoms with E-state index in [1.54, 1.807) is 12.1 Å².